The topological polar surface area (TPSA) is 55.4 Å². The lowest BCUT2D eigenvalue weighted by Crippen LogP contribution is -2.25. The highest BCUT2D eigenvalue weighted by Gasteiger charge is 2.12. The predicted molar refractivity (Wildman–Crippen MR) is 78.4 cm³/mol. The van der Waals surface area contributed by atoms with Gasteiger partial charge < -0.3 is 4.74 Å². The van der Waals surface area contributed by atoms with Gasteiger partial charge in [0.1, 0.15) is 5.75 Å². The van der Waals surface area contributed by atoms with E-state index in [1.165, 1.54) is 24.3 Å². The van der Waals surface area contributed by atoms with E-state index in [1.54, 1.807) is 30.3 Å². The van der Waals surface area contributed by atoms with Gasteiger partial charge in [-0.25, -0.2) is 13.1 Å². The highest BCUT2D eigenvalue weighted by Crippen LogP contribution is 2.15. The molecule has 2 aromatic rings. The molecule has 2 aromatic carbocycles. The summed E-state index contributed by atoms with van der Waals surface area (Å²) >= 11 is 0. The van der Waals surface area contributed by atoms with Crippen LogP contribution in [0.25, 0.3) is 0 Å². The zero-order chi connectivity index (χ0) is 16.0. The molecule has 0 atom stereocenters. The summed E-state index contributed by atoms with van der Waals surface area (Å²) in [5.41, 5.74) is 0.817. The Bertz CT molecular complexity index is 688. The van der Waals surface area contributed by atoms with E-state index in [0.29, 0.717) is 6.42 Å². The second-order valence-corrected chi connectivity index (χ2v) is 6.25. The molecule has 7 heteroatoms. The molecule has 2 rings (SSSR count). The number of rotatable bonds is 7. The van der Waals surface area contributed by atoms with Crippen molar-refractivity contribution in [2.45, 2.75) is 17.9 Å². The third kappa shape index (κ3) is 4.78. The van der Waals surface area contributed by atoms with Crippen molar-refractivity contribution in [1.82, 2.24) is 4.72 Å². The Morgan fingerprint density at radius 2 is 1.64 bits per heavy atom. The molecule has 0 unspecified atom stereocenters. The van der Waals surface area contributed by atoms with Crippen molar-refractivity contribution in [3.8, 4) is 5.75 Å². The van der Waals surface area contributed by atoms with Gasteiger partial charge >= 0.3 is 6.61 Å². The zero-order valence-corrected chi connectivity index (χ0v) is 12.4. The maximum Gasteiger partial charge on any atom is 0.387 e. The van der Waals surface area contributed by atoms with Gasteiger partial charge in [-0.05, 0) is 36.2 Å². The first-order valence-electron chi connectivity index (χ1n) is 6.56. The van der Waals surface area contributed by atoms with Crippen molar-refractivity contribution >= 4 is 10.0 Å². The van der Waals surface area contributed by atoms with E-state index in [4.69, 9.17) is 0 Å². The van der Waals surface area contributed by atoms with Crippen LogP contribution < -0.4 is 9.46 Å². The molecular formula is C15H15F2NO3S. The van der Waals surface area contributed by atoms with Crippen LogP contribution >= 0.6 is 0 Å². The molecule has 4 nitrogen and oxygen atoms in total. The molecule has 118 valence electrons. The fraction of sp³-hybridized carbons (Fsp3) is 0.200. The second-order valence-electron chi connectivity index (χ2n) is 4.48. The predicted octanol–water partition coefficient (Wildman–Crippen LogP) is 2.81. The van der Waals surface area contributed by atoms with Gasteiger partial charge in [-0.15, -0.1) is 0 Å². The average molecular weight is 327 g/mol. The third-order valence-electron chi connectivity index (χ3n) is 2.91. The summed E-state index contributed by atoms with van der Waals surface area (Å²) in [6.45, 7) is -2.64. The van der Waals surface area contributed by atoms with Crippen LogP contribution in [0.15, 0.2) is 59.5 Å². The Kier molecular flexibility index (Phi) is 5.46. The molecule has 0 aliphatic heterocycles. The average Bonchev–Trinajstić information content (AvgIpc) is 2.49. The first kappa shape index (κ1) is 16.4. The van der Waals surface area contributed by atoms with Crippen molar-refractivity contribution in [3.05, 3.63) is 60.2 Å². The fourth-order valence-corrected chi connectivity index (χ4v) is 2.90. The SMILES string of the molecule is O=S(=O)(NCCc1ccc(OC(F)F)cc1)c1ccccc1. The highest BCUT2D eigenvalue weighted by molar-refractivity contribution is 7.89. The van der Waals surface area contributed by atoms with Crippen molar-refractivity contribution < 1.29 is 21.9 Å². The second kappa shape index (κ2) is 7.33. The molecule has 0 saturated carbocycles. The van der Waals surface area contributed by atoms with E-state index >= 15 is 0 Å². The Morgan fingerprint density at radius 1 is 1.00 bits per heavy atom. The van der Waals surface area contributed by atoms with E-state index in [-0.39, 0.29) is 17.2 Å². The summed E-state index contributed by atoms with van der Waals surface area (Å²) in [6, 6.07) is 14.1. The lowest BCUT2D eigenvalue weighted by Gasteiger charge is -2.08. The smallest absolute Gasteiger partial charge is 0.387 e. The summed E-state index contributed by atoms with van der Waals surface area (Å²) in [5, 5.41) is 0. The van der Waals surface area contributed by atoms with E-state index in [9.17, 15) is 17.2 Å². The van der Waals surface area contributed by atoms with Crippen LogP contribution in [-0.4, -0.2) is 21.6 Å². The van der Waals surface area contributed by atoms with Crippen LogP contribution in [0.4, 0.5) is 8.78 Å². The van der Waals surface area contributed by atoms with Crippen LogP contribution in [-0.2, 0) is 16.4 Å². The summed E-state index contributed by atoms with van der Waals surface area (Å²) in [6.07, 6.45) is 0.445. The molecule has 0 aliphatic carbocycles. The minimum atomic E-state index is -3.53. The van der Waals surface area contributed by atoms with Gasteiger partial charge in [0.05, 0.1) is 4.90 Å². The van der Waals surface area contributed by atoms with Crippen LogP contribution in [0.5, 0.6) is 5.75 Å². The summed E-state index contributed by atoms with van der Waals surface area (Å²) in [5.74, 6) is 0.0728. The molecule has 0 radical (unpaired) electrons. The molecule has 0 aromatic heterocycles. The lowest BCUT2D eigenvalue weighted by molar-refractivity contribution is -0.0498. The Morgan fingerprint density at radius 3 is 2.23 bits per heavy atom. The van der Waals surface area contributed by atoms with E-state index in [2.05, 4.69) is 9.46 Å². The number of nitrogens with one attached hydrogen (secondary N) is 1. The minimum Gasteiger partial charge on any atom is -0.435 e. The van der Waals surface area contributed by atoms with Gasteiger partial charge in [0, 0.05) is 6.54 Å². The minimum absolute atomic E-state index is 0.0728. The first-order valence-corrected chi connectivity index (χ1v) is 8.04. The highest BCUT2D eigenvalue weighted by atomic mass is 32.2. The van der Waals surface area contributed by atoms with Crippen molar-refractivity contribution in [1.29, 1.82) is 0 Å². The van der Waals surface area contributed by atoms with Gasteiger partial charge in [0.25, 0.3) is 0 Å². The molecule has 0 bridgehead atoms. The Labute approximate surface area is 127 Å². The molecule has 0 amide bonds. The fourth-order valence-electron chi connectivity index (χ4n) is 1.85. The quantitative estimate of drug-likeness (QED) is 0.851. The van der Waals surface area contributed by atoms with Crippen molar-refractivity contribution in [2.75, 3.05) is 6.54 Å². The molecule has 0 aliphatic rings. The standard InChI is InChI=1S/C15H15F2NO3S/c16-15(17)21-13-8-6-12(7-9-13)10-11-18-22(19,20)14-4-2-1-3-5-14/h1-9,15,18H,10-11H2. The van der Waals surface area contributed by atoms with Gasteiger partial charge in [-0.2, -0.15) is 8.78 Å². The van der Waals surface area contributed by atoms with E-state index in [1.807, 2.05) is 0 Å². The molecule has 0 heterocycles. The number of hydrogen-bond donors (Lipinski definition) is 1. The number of benzene rings is 2. The first-order chi connectivity index (χ1) is 10.5. The third-order valence-corrected chi connectivity index (χ3v) is 4.38. The number of sulfonamides is 1. The number of hydrogen-bond acceptors (Lipinski definition) is 3. The van der Waals surface area contributed by atoms with Crippen LogP contribution in [0, 0.1) is 0 Å². The van der Waals surface area contributed by atoms with E-state index < -0.39 is 16.6 Å². The molecular weight excluding hydrogens is 312 g/mol. The normalized spacial score (nSPS) is 11.6. The number of halogens is 2. The number of alkyl halides is 2. The van der Waals surface area contributed by atoms with Crippen molar-refractivity contribution in [3.63, 3.8) is 0 Å². The summed E-state index contributed by atoms with van der Waals surface area (Å²) in [7, 11) is -3.53. The van der Waals surface area contributed by atoms with Crippen molar-refractivity contribution in [2.24, 2.45) is 0 Å². The van der Waals surface area contributed by atoms with Gasteiger partial charge in [-0.1, -0.05) is 30.3 Å². The largest absolute Gasteiger partial charge is 0.435 e. The molecule has 0 saturated heterocycles. The lowest BCUT2D eigenvalue weighted by atomic mass is 10.1. The van der Waals surface area contributed by atoms with Gasteiger partial charge in [0.2, 0.25) is 10.0 Å². The van der Waals surface area contributed by atoms with E-state index in [0.717, 1.165) is 5.56 Å². The molecule has 0 fully saturated rings. The van der Waals surface area contributed by atoms with Gasteiger partial charge in [0.15, 0.2) is 0 Å². The number of ether oxygens (including phenoxy) is 1. The molecule has 22 heavy (non-hydrogen) atoms. The van der Waals surface area contributed by atoms with Crippen LogP contribution in [0.3, 0.4) is 0 Å². The monoisotopic (exact) mass is 327 g/mol. The zero-order valence-electron chi connectivity index (χ0n) is 11.6. The van der Waals surface area contributed by atoms with Crippen LogP contribution in [0.1, 0.15) is 5.56 Å². The summed E-state index contributed by atoms with van der Waals surface area (Å²) in [4.78, 5) is 0.204. The van der Waals surface area contributed by atoms with Crippen LogP contribution in [0.2, 0.25) is 0 Å². The van der Waals surface area contributed by atoms with Gasteiger partial charge in [-0.3, -0.25) is 0 Å². The Balaban J connectivity index is 1.88. The maximum atomic E-state index is 12.0. The summed E-state index contributed by atoms with van der Waals surface area (Å²) < 4.78 is 54.7. The Hall–Kier alpha value is -1.99. The maximum absolute atomic E-state index is 12.0. The molecule has 1 N–H and O–H groups in total. The molecule has 0 spiro atoms.